The summed E-state index contributed by atoms with van der Waals surface area (Å²) in [5, 5.41) is 19.9. The number of aromatic nitrogens is 3. The second-order valence-electron chi connectivity index (χ2n) is 9.32. The first-order valence-corrected chi connectivity index (χ1v) is 12.0. The largest absolute Gasteiger partial charge is 0.481 e. The highest BCUT2D eigenvalue weighted by Crippen LogP contribution is 2.37. The van der Waals surface area contributed by atoms with Crippen LogP contribution in [-0.2, 0) is 17.6 Å². The van der Waals surface area contributed by atoms with Crippen molar-refractivity contribution in [3.63, 3.8) is 0 Å². The van der Waals surface area contributed by atoms with Gasteiger partial charge in [-0.15, -0.1) is 0 Å². The molecule has 0 atom stereocenters. The lowest BCUT2D eigenvalue weighted by Gasteiger charge is -2.39. The van der Waals surface area contributed by atoms with E-state index in [-0.39, 0.29) is 42.0 Å². The Morgan fingerprint density at radius 3 is 2.53 bits per heavy atom. The highest BCUT2D eigenvalue weighted by Gasteiger charge is 2.42. The van der Waals surface area contributed by atoms with E-state index in [9.17, 15) is 18.7 Å². The smallest absolute Gasteiger partial charge is 0.310 e. The van der Waals surface area contributed by atoms with Crippen LogP contribution in [0.25, 0.3) is 0 Å². The number of hydrogen-bond donors (Lipinski definition) is 3. The zero-order chi connectivity index (χ0) is 26.0. The van der Waals surface area contributed by atoms with E-state index in [4.69, 9.17) is 11.6 Å². The van der Waals surface area contributed by atoms with E-state index in [0.29, 0.717) is 36.8 Å². The zero-order valence-electron chi connectivity index (χ0n) is 20.0. The van der Waals surface area contributed by atoms with Gasteiger partial charge < -0.3 is 15.3 Å². The molecule has 11 heteroatoms. The van der Waals surface area contributed by atoms with Crippen molar-refractivity contribution in [3.05, 3.63) is 69.3 Å². The van der Waals surface area contributed by atoms with Crippen LogP contribution in [0.1, 0.15) is 35.4 Å². The molecule has 4 rings (SSSR count). The molecule has 0 bridgehead atoms. The molecule has 3 aromatic rings. The lowest BCUT2D eigenvalue weighted by atomic mass is 9.74. The summed E-state index contributed by atoms with van der Waals surface area (Å²) in [7, 11) is 0. The molecule has 0 spiro atoms. The minimum absolute atomic E-state index is 0.0728. The number of aryl methyl sites for hydroxylation is 2. The molecule has 0 aliphatic carbocycles. The fourth-order valence-electron chi connectivity index (χ4n) is 4.58. The molecule has 192 valence electrons. The predicted molar refractivity (Wildman–Crippen MR) is 130 cm³/mol. The number of nitrogens with one attached hydrogen (secondary N) is 2. The monoisotopic (exact) mass is 521 g/mol. The van der Waals surface area contributed by atoms with Gasteiger partial charge in [-0.25, -0.2) is 18.2 Å². The van der Waals surface area contributed by atoms with E-state index in [1.165, 1.54) is 6.07 Å². The van der Waals surface area contributed by atoms with Crippen molar-refractivity contribution in [1.29, 1.82) is 0 Å². The molecule has 1 aliphatic heterocycles. The molecule has 1 aromatic carbocycles. The van der Waals surface area contributed by atoms with Gasteiger partial charge in [0.15, 0.2) is 5.82 Å². The topological polar surface area (TPSA) is 94.1 Å². The van der Waals surface area contributed by atoms with Crippen LogP contribution in [0.15, 0.2) is 24.3 Å². The van der Waals surface area contributed by atoms with Crippen LogP contribution in [-0.4, -0.2) is 50.8 Å². The van der Waals surface area contributed by atoms with E-state index in [1.807, 2.05) is 11.8 Å². The van der Waals surface area contributed by atoms with Gasteiger partial charge in [-0.3, -0.25) is 9.89 Å². The molecule has 3 heterocycles. The number of rotatable bonds is 8. The van der Waals surface area contributed by atoms with Gasteiger partial charge >= 0.3 is 5.97 Å². The van der Waals surface area contributed by atoms with Crippen molar-refractivity contribution in [1.82, 2.24) is 20.1 Å². The van der Waals surface area contributed by atoms with E-state index in [0.717, 1.165) is 11.8 Å². The summed E-state index contributed by atoms with van der Waals surface area (Å²) in [6, 6.07) is 5.63. The maximum atomic E-state index is 15.0. The number of aromatic amines is 1. The van der Waals surface area contributed by atoms with E-state index < -0.39 is 28.8 Å². The van der Waals surface area contributed by atoms with Crippen LogP contribution in [0.5, 0.6) is 0 Å². The first-order valence-electron chi connectivity index (χ1n) is 11.6. The zero-order valence-corrected chi connectivity index (χ0v) is 20.7. The highest BCUT2D eigenvalue weighted by atomic mass is 35.5. The standard InChI is InChI=1S/C25H27ClF3N5O2/c1-14-11-20(31-21-12-15(2)32-33-21)30-19(22(14)28)13-25(24(35)36)6-9-34(10-7-25)8-5-16-18(27)4-3-17(26)23(16)29/h3-4,11-12H,5-10,13H2,1-2H3,(H,35,36)(H2,30,31,32,33). The summed E-state index contributed by atoms with van der Waals surface area (Å²) < 4.78 is 43.3. The van der Waals surface area contributed by atoms with Crippen LogP contribution in [0.3, 0.4) is 0 Å². The molecular weight excluding hydrogens is 495 g/mol. The first kappa shape index (κ1) is 26.0. The van der Waals surface area contributed by atoms with Crippen molar-refractivity contribution >= 4 is 29.2 Å². The van der Waals surface area contributed by atoms with Crippen molar-refractivity contribution in [2.75, 3.05) is 25.0 Å². The van der Waals surface area contributed by atoms with Crippen LogP contribution >= 0.6 is 11.6 Å². The van der Waals surface area contributed by atoms with Gasteiger partial charge in [-0.05, 0) is 70.0 Å². The Morgan fingerprint density at radius 2 is 1.89 bits per heavy atom. The van der Waals surface area contributed by atoms with E-state index in [1.54, 1.807) is 19.1 Å². The number of likely N-dealkylation sites (tertiary alicyclic amines) is 1. The SMILES string of the molecule is Cc1cc(Nc2cc(C)c(F)c(CC3(C(=O)O)CCN(CCc4c(F)ccc(Cl)c4F)CC3)n2)n[nH]1. The van der Waals surface area contributed by atoms with Gasteiger partial charge in [0.2, 0.25) is 0 Å². The normalized spacial score (nSPS) is 15.7. The van der Waals surface area contributed by atoms with E-state index >= 15 is 4.39 Å². The maximum Gasteiger partial charge on any atom is 0.310 e. The Morgan fingerprint density at radius 1 is 1.17 bits per heavy atom. The average Bonchev–Trinajstić information content (AvgIpc) is 3.25. The lowest BCUT2D eigenvalue weighted by Crippen LogP contribution is -2.46. The fraction of sp³-hybridized carbons (Fsp3) is 0.400. The third kappa shape index (κ3) is 5.49. The minimum atomic E-state index is -1.20. The van der Waals surface area contributed by atoms with Crippen LogP contribution in [0.2, 0.25) is 5.02 Å². The summed E-state index contributed by atoms with van der Waals surface area (Å²) in [6.07, 6.45) is 0.530. The highest BCUT2D eigenvalue weighted by molar-refractivity contribution is 6.30. The molecule has 7 nitrogen and oxygen atoms in total. The summed E-state index contributed by atoms with van der Waals surface area (Å²) in [6.45, 7) is 4.57. The fourth-order valence-corrected chi connectivity index (χ4v) is 4.75. The number of nitrogens with zero attached hydrogens (tertiary/aromatic N) is 3. The Hall–Kier alpha value is -3.11. The number of halogens is 4. The predicted octanol–water partition coefficient (Wildman–Crippen LogP) is 5.19. The molecule has 36 heavy (non-hydrogen) atoms. The average molecular weight is 522 g/mol. The number of carboxylic acids is 1. The van der Waals surface area contributed by atoms with Crippen LogP contribution < -0.4 is 5.32 Å². The molecule has 0 amide bonds. The number of anilines is 2. The number of pyridine rings is 1. The number of aliphatic carboxylic acids is 1. The first-order chi connectivity index (χ1) is 17.1. The van der Waals surface area contributed by atoms with Gasteiger partial charge in [-0.1, -0.05) is 11.6 Å². The number of carbonyl (C=O) groups is 1. The summed E-state index contributed by atoms with van der Waals surface area (Å²) in [4.78, 5) is 18.7. The van der Waals surface area contributed by atoms with Gasteiger partial charge in [0.25, 0.3) is 0 Å². The molecule has 0 unspecified atom stereocenters. The van der Waals surface area contributed by atoms with E-state index in [2.05, 4.69) is 20.5 Å². The molecule has 1 saturated heterocycles. The third-order valence-electron chi connectivity index (χ3n) is 6.76. The number of hydrogen-bond acceptors (Lipinski definition) is 5. The Kier molecular flexibility index (Phi) is 7.56. The molecular formula is C25H27ClF3N5O2. The molecule has 1 aliphatic rings. The summed E-state index contributed by atoms with van der Waals surface area (Å²) >= 11 is 5.77. The second kappa shape index (κ2) is 10.5. The minimum Gasteiger partial charge on any atom is -0.481 e. The number of piperidine rings is 1. The van der Waals surface area contributed by atoms with Gasteiger partial charge in [0.1, 0.15) is 23.3 Å². The summed E-state index contributed by atoms with van der Waals surface area (Å²) in [5.74, 6) is -2.10. The summed E-state index contributed by atoms with van der Waals surface area (Å²) in [5.41, 5.74) is -0.0306. The third-order valence-corrected chi connectivity index (χ3v) is 7.05. The Labute approximate surface area is 211 Å². The molecule has 1 fully saturated rings. The Bertz CT molecular complexity index is 1270. The molecule has 3 N–H and O–H groups in total. The van der Waals surface area contributed by atoms with Gasteiger partial charge in [0, 0.05) is 30.3 Å². The lowest BCUT2D eigenvalue weighted by molar-refractivity contribution is -0.152. The quantitative estimate of drug-likeness (QED) is 0.353. The number of benzene rings is 1. The van der Waals surface area contributed by atoms with Crippen molar-refractivity contribution < 1.29 is 23.1 Å². The Balaban J connectivity index is 1.46. The van der Waals surface area contributed by atoms with Gasteiger partial charge in [-0.2, -0.15) is 5.10 Å². The number of carboxylic acid groups (broad SMARTS) is 1. The molecule has 2 aromatic heterocycles. The maximum absolute atomic E-state index is 15.0. The van der Waals surface area contributed by atoms with Crippen molar-refractivity contribution in [2.24, 2.45) is 5.41 Å². The van der Waals surface area contributed by atoms with Gasteiger partial charge in [0.05, 0.1) is 16.1 Å². The van der Waals surface area contributed by atoms with Crippen LogP contribution in [0.4, 0.5) is 24.8 Å². The second-order valence-corrected chi connectivity index (χ2v) is 9.73. The molecule has 0 radical (unpaired) electrons. The number of H-pyrrole nitrogens is 1. The molecule has 0 saturated carbocycles. The van der Waals surface area contributed by atoms with Crippen molar-refractivity contribution in [2.45, 2.75) is 39.5 Å². The van der Waals surface area contributed by atoms with Crippen LogP contribution in [0, 0.1) is 36.7 Å². The van der Waals surface area contributed by atoms with Crippen molar-refractivity contribution in [3.8, 4) is 0 Å².